The maximum absolute atomic E-state index is 12.3. The number of amides is 2. The minimum Gasteiger partial charge on any atom is -0.354 e. The molecule has 1 aliphatic carbocycles. The van der Waals surface area contributed by atoms with Gasteiger partial charge in [0.05, 0.1) is 6.04 Å². The Morgan fingerprint density at radius 3 is 2.39 bits per heavy atom. The van der Waals surface area contributed by atoms with Crippen LogP contribution < -0.4 is 16.4 Å². The Hall–Kier alpha value is -1.10. The molecule has 0 aromatic heterocycles. The van der Waals surface area contributed by atoms with Gasteiger partial charge in [-0.05, 0) is 26.2 Å². The molecule has 2 amide bonds. The van der Waals surface area contributed by atoms with E-state index in [1.165, 1.54) is 0 Å². The van der Waals surface area contributed by atoms with Gasteiger partial charge in [-0.2, -0.15) is 0 Å². The predicted molar refractivity (Wildman–Crippen MR) is 70.9 cm³/mol. The number of nitrogens with one attached hydrogen (secondary N) is 2. The van der Waals surface area contributed by atoms with Crippen LogP contribution in [0.3, 0.4) is 0 Å². The summed E-state index contributed by atoms with van der Waals surface area (Å²) in [6, 6.07) is -0.581. The molecule has 0 spiro atoms. The summed E-state index contributed by atoms with van der Waals surface area (Å²) in [5, 5.41) is 5.76. The van der Waals surface area contributed by atoms with E-state index >= 15 is 0 Å². The minimum atomic E-state index is -0.738. The average Bonchev–Trinajstić information content (AvgIpc) is 2.36. The van der Waals surface area contributed by atoms with Gasteiger partial charge in [0.15, 0.2) is 0 Å². The van der Waals surface area contributed by atoms with Crippen molar-refractivity contribution in [2.75, 3.05) is 6.54 Å². The summed E-state index contributed by atoms with van der Waals surface area (Å²) >= 11 is 0. The lowest BCUT2D eigenvalue weighted by Gasteiger charge is -2.37. The first kappa shape index (κ1) is 15.0. The van der Waals surface area contributed by atoms with Crippen molar-refractivity contribution in [1.29, 1.82) is 0 Å². The molecule has 0 aromatic carbocycles. The molecule has 0 bridgehead atoms. The molecule has 1 rings (SSSR count). The quantitative estimate of drug-likeness (QED) is 0.675. The maximum atomic E-state index is 12.3. The number of nitrogens with two attached hydrogens (primary N) is 1. The summed E-state index contributed by atoms with van der Waals surface area (Å²) < 4.78 is 0. The van der Waals surface area contributed by atoms with E-state index in [4.69, 9.17) is 5.73 Å². The van der Waals surface area contributed by atoms with Gasteiger partial charge in [0.25, 0.3) is 0 Å². The van der Waals surface area contributed by atoms with Gasteiger partial charge in [-0.15, -0.1) is 0 Å². The smallest absolute Gasteiger partial charge is 0.245 e. The molecule has 5 heteroatoms. The number of carbonyl (C=O) groups is 2. The maximum Gasteiger partial charge on any atom is 0.245 e. The molecule has 1 atom stereocenters. The van der Waals surface area contributed by atoms with Gasteiger partial charge in [0.2, 0.25) is 11.8 Å². The normalized spacial score (nSPS) is 19.9. The fraction of sp³-hybridized carbons (Fsp3) is 0.846. The molecular weight excluding hydrogens is 230 g/mol. The fourth-order valence-corrected chi connectivity index (χ4v) is 2.32. The molecule has 0 aromatic rings. The highest BCUT2D eigenvalue weighted by Crippen LogP contribution is 2.28. The zero-order valence-electron chi connectivity index (χ0n) is 11.4. The lowest BCUT2D eigenvalue weighted by Crippen LogP contribution is -2.61. The number of carbonyl (C=O) groups excluding carboxylic acids is 2. The average molecular weight is 255 g/mol. The van der Waals surface area contributed by atoms with Crippen molar-refractivity contribution in [1.82, 2.24) is 10.6 Å². The summed E-state index contributed by atoms with van der Waals surface area (Å²) in [5.74, 6) is -0.304. The van der Waals surface area contributed by atoms with Crippen LogP contribution in [0.2, 0.25) is 0 Å². The van der Waals surface area contributed by atoms with E-state index in [0.717, 1.165) is 25.7 Å². The zero-order valence-corrected chi connectivity index (χ0v) is 11.4. The number of hydrogen-bond acceptors (Lipinski definition) is 3. The molecule has 1 aliphatic rings. The monoisotopic (exact) mass is 255 g/mol. The molecule has 0 aliphatic heterocycles. The Kier molecular flexibility index (Phi) is 5.59. The molecule has 1 saturated carbocycles. The SMILES string of the molecule is CCCNC(=O)C1(NC(=O)[C@H](C)N)CCCCC1. The molecule has 18 heavy (non-hydrogen) atoms. The molecule has 0 heterocycles. The zero-order chi connectivity index (χ0) is 13.6. The van der Waals surface area contributed by atoms with Crippen molar-refractivity contribution in [3.05, 3.63) is 0 Å². The van der Waals surface area contributed by atoms with Crippen molar-refractivity contribution in [2.24, 2.45) is 5.73 Å². The van der Waals surface area contributed by atoms with E-state index in [-0.39, 0.29) is 11.8 Å². The van der Waals surface area contributed by atoms with Gasteiger partial charge >= 0.3 is 0 Å². The van der Waals surface area contributed by atoms with Crippen LogP contribution in [0.1, 0.15) is 52.4 Å². The van der Waals surface area contributed by atoms with Crippen molar-refractivity contribution in [2.45, 2.75) is 64.0 Å². The van der Waals surface area contributed by atoms with Crippen molar-refractivity contribution in [3.63, 3.8) is 0 Å². The van der Waals surface area contributed by atoms with Gasteiger partial charge < -0.3 is 16.4 Å². The topological polar surface area (TPSA) is 84.2 Å². The third-order valence-electron chi connectivity index (χ3n) is 3.45. The summed E-state index contributed by atoms with van der Waals surface area (Å²) in [7, 11) is 0. The Morgan fingerprint density at radius 2 is 1.89 bits per heavy atom. The second-order valence-electron chi connectivity index (χ2n) is 5.18. The standard InChI is InChI=1S/C13H25N3O2/c1-3-9-15-12(18)13(7-5-4-6-8-13)16-11(17)10(2)14/h10H,3-9,14H2,1-2H3,(H,15,18)(H,16,17)/t10-/m0/s1. The Bertz CT molecular complexity index is 297. The lowest BCUT2D eigenvalue weighted by atomic mass is 9.80. The van der Waals surface area contributed by atoms with Crippen molar-refractivity contribution >= 4 is 11.8 Å². The summed E-state index contributed by atoms with van der Waals surface area (Å²) in [6.07, 6.45) is 5.37. The summed E-state index contributed by atoms with van der Waals surface area (Å²) in [5.41, 5.74) is 4.83. The third kappa shape index (κ3) is 3.70. The largest absolute Gasteiger partial charge is 0.354 e. The second-order valence-corrected chi connectivity index (χ2v) is 5.18. The number of rotatable bonds is 5. The highest BCUT2D eigenvalue weighted by molar-refractivity contribution is 5.93. The van der Waals surface area contributed by atoms with Crippen LogP contribution in [0.4, 0.5) is 0 Å². The van der Waals surface area contributed by atoms with Crippen LogP contribution in [0, 0.1) is 0 Å². The minimum absolute atomic E-state index is 0.0574. The van der Waals surface area contributed by atoms with E-state index < -0.39 is 11.6 Å². The van der Waals surface area contributed by atoms with Crippen LogP contribution in [0.15, 0.2) is 0 Å². The third-order valence-corrected chi connectivity index (χ3v) is 3.45. The predicted octanol–water partition coefficient (Wildman–Crippen LogP) is 0.679. The van der Waals surface area contributed by atoms with Crippen LogP contribution in [0.25, 0.3) is 0 Å². The molecule has 0 radical (unpaired) electrons. The first-order valence-corrected chi connectivity index (χ1v) is 6.88. The molecular formula is C13H25N3O2. The lowest BCUT2D eigenvalue weighted by molar-refractivity contribution is -0.135. The molecule has 0 saturated heterocycles. The Morgan fingerprint density at radius 1 is 1.28 bits per heavy atom. The van der Waals surface area contributed by atoms with Gasteiger partial charge in [-0.1, -0.05) is 26.2 Å². The van der Waals surface area contributed by atoms with E-state index in [0.29, 0.717) is 19.4 Å². The van der Waals surface area contributed by atoms with Crippen LogP contribution in [-0.4, -0.2) is 29.9 Å². The van der Waals surface area contributed by atoms with Crippen LogP contribution >= 0.6 is 0 Å². The molecule has 1 fully saturated rings. The highest BCUT2D eigenvalue weighted by Gasteiger charge is 2.40. The van der Waals surface area contributed by atoms with E-state index in [2.05, 4.69) is 10.6 Å². The second kappa shape index (κ2) is 6.73. The molecule has 4 N–H and O–H groups in total. The van der Waals surface area contributed by atoms with Crippen molar-refractivity contribution < 1.29 is 9.59 Å². The fourth-order valence-electron chi connectivity index (χ4n) is 2.32. The van der Waals surface area contributed by atoms with Gasteiger partial charge in [-0.3, -0.25) is 9.59 Å². The van der Waals surface area contributed by atoms with Crippen molar-refractivity contribution in [3.8, 4) is 0 Å². The van der Waals surface area contributed by atoms with E-state index in [1.807, 2.05) is 6.92 Å². The summed E-state index contributed by atoms with van der Waals surface area (Å²) in [6.45, 7) is 4.29. The van der Waals surface area contributed by atoms with Gasteiger partial charge in [-0.25, -0.2) is 0 Å². The first-order valence-electron chi connectivity index (χ1n) is 6.88. The number of hydrogen-bond donors (Lipinski definition) is 3. The Labute approximate surface area is 109 Å². The van der Waals surface area contributed by atoms with E-state index in [9.17, 15) is 9.59 Å². The van der Waals surface area contributed by atoms with E-state index in [1.54, 1.807) is 6.92 Å². The molecule has 5 nitrogen and oxygen atoms in total. The van der Waals surface area contributed by atoms with Gasteiger partial charge in [0.1, 0.15) is 5.54 Å². The first-order chi connectivity index (χ1) is 8.52. The summed E-state index contributed by atoms with van der Waals surface area (Å²) in [4.78, 5) is 24.0. The Balaban J connectivity index is 2.74. The van der Waals surface area contributed by atoms with Crippen LogP contribution in [0.5, 0.6) is 0 Å². The van der Waals surface area contributed by atoms with Gasteiger partial charge in [0, 0.05) is 6.54 Å². The highest BCUT2D eigenvalue weighted by atomic mass is 16.2. The molecule has 104 valence electrons. The van der Waals surface area contributed by atoms with Crippen LogP contribution in [-0.2, 0) is 9.59 Å². The molecule has 0 unspecified atom stereocenters.